The van der Waals surface area contributed by atoms with Crippen LogP contribution in [0.3, 0.4) is 0 Å². The van der Waals surface area contributed by atoms with Crippen LogP contribution in [0.15, 0.2) is 46.7 Å². The highest BCUT2D eigenvalue weighted by molar-refractivity contribution is 7.94. The summed E-state index contributed by atoms with van der Waals surface area (Å²) in [6.45, 7) is 0.672. The fraction of sp³-hybridized carbons (Fsp3) is 0.167. The van der Waals surface area contributed by atoms with Crippen molar-refractivity contribution in [2.75, 3.05) is 11.8 Å². The van der Waals surface area contributed by atoms with E-state index in [2.05, 4.69) is 10.0 Å². The van der Waals surface area contributed by atoms with E-state index < -0.39 is 10.0 Å². The van der Waals surface area contributed by atoms with Gasteiger partial charge in [0.15, 0.2) is 0 Å². The van der Waals surface area contributed by atoms with Gasteiger partial charge in [-0.3, -0.25) is 4.72 Å². The van der Waals surface area contributed by atoms with Crippen molar-refractivity contribution in [1.29, 1.82) is 0 Å². The van der Waals surface area contributed by atoms with Crippen LogP contribution in [0, 0.1) is 0 Å². The summed E-state index contributed by atoms with van der Waals surface area (Å²) in [5.74, 6) is 0. The van der Waals surface area contributed by atoms with Gasteiger partial charge < -0.3 is 5.32 Å². The van der Waals surface area contributed by atoms with E-state index in [1.807, 2.05) is 19.2 Å². The molecule has 2 aromatic rings. The SMILES string of the molecule is CNCc1ccc(S(=O)(=O)Nc2ccccc2)s1. The molecule has 0 bridgehead atoms. The van der Waals surface area contributed by atoms with Crippen LogP contribution in [0.5, 0.6) is 0 Å². The molecule has 0 atom stereocenters. The van der Waals surface area contributed by atoms with Crippen molar-refractivity contribution >= 4 is 27.0 Å². The van der Waals surface area contributed by atoms with Crippen LogP contribution in [-0.4, -0.2) is 15.5 Å². The molecule has 96 valence electrons. The number of rotatable bonds is 5. The van der Waals surface area contributed by atoms with Crippen LogP contribution in [-0.2, 0) is 16.6 Å². The Morgan fingerprint density at radius 2 is 1.83 bits per heavy atom. The molecule has 6 heteroatoms. The van der Waals surface area contributed by atoms with E-state index in [-0.39, 0.29) is 0 Å². The van der Waals surface area contributed by atoms with Crippen molar-refractivity contribution in [3.63, 3.8) is 0 Å². The molecule has 0 saturated heterocycles. The van der Waals surface area contributed by atoms with E-state index in [1.54, 1.807) is 30.3 Å². The van der Waals surface area contributed by atoms with E-state index in [0.29, 0.717) is 16.4 Å². The van der Waals surface area contributed by atoms with E-state index in [0.717, 1.165) is 4.88 Å². The number of thiophene rings is 1. The van der Waals surface area contributed by atoms with Crippen molar-refractivity contribution in [3.05, 3.63) is 47.3 Å². The molecule has 1 aromatic heterocycles. The highest BCUT2D eigenvalue weighted by Gasteiger charge is 2.16. The number of hydrogen-bond acceptors (Lipinski definition) is 4. The van der Waals surface area contributed by atoms with Gasteiger partial charge in [0, 0.05) is 17.1 Å². The maximum absolute atomic E-state index is 12.1. The third kappa shape index (κ3) is 3.10. The van der Waals surface area contributed by atoms with Gasteiger partial charge in [-0.1, -0.05) is 18.2 Å². The summed E-state index contributed by atoms with van der Waals surface area (Å²) in [5.41, 5.74) is 0.570. The van der Waals surface area contributed by atoms with Gasteiger partial charge in [0.2, 0.25) is 0 Å². The van der Waals surface area contributed by atoms with Crippen LogP contribution in [0.25, 0.3) is 0 Å². The number of sulfonamides is 1. The van der Waals surface area contributed by atoms with Gasteiger partial charge >= 0.3 is 0 Å². The number of benzene rings is 1. The van der Waals surface area contributed by atoms with Crippen molar-refractivity contribution in [3.8, 4) is 0 Å². The molecule has 2 rings (SSSR count). The molecule has 1 heterocycles. The third-order valence-corrected chi connectivity index (χ3v) is 5.24. The first-order chi connectivity index (χ1) is 8.62. The molecule has 18 heavy (non-hydrogen) atoms. The summed E-state index contributed by atoms with van der Waals surface area (Å²) in [5, 5.41) is 2.99. The number of nitrogens with one attached hydrogen (secondary N) is 2. The lowest BCUT2D eigenvalue weighted by molar-refractivity contribution is 0.603. The zero-order chi connectivity index (χ0) is 13.0. The van der Waals surface area contributed by atoms with Gasteiger partial charge in [0.25, 0.3) is 10.0 Å². The smallest absolute Gasteiger partial charge is 0.271 e. The Morgan fingerprint density at radius 1 is 1.11 bits per heavy atom. The van der Waals surface area contributed by atoms with Crippen LogP contribution in [0.1, 0.15) is 4.88 Å². The van der Waals surface area contributed by atoms with Gasteiger partial charge in [0.1, 0.15) is 4.21 Å². The van der Waals surface area contributed by atoms with Crippen molar-refractivity contribution in [1.82, 2.24) is 5.32 Å². The summed E-state index contributed by atoms with van der Waals surface area (Å²) < 4.78 is 27.1. The van der Waals surface area contributed by atoms with Gasteiger partial charge in [-0.15, -0.1) is 11.3 Å². The van der Waals surface area contributed by atoms with Crippen LogP contribution < -0.4 is 10.0 Å². The quantitative estimate of drug-likeness (QED) is 0.884. The second-order valence-electron chi connectivity index (χ2n) is 3.72. The second kappa shape index (κ2) is 5.51. The molecular formula is C12H14N2O2S2. The van der Waals surface area contributed by atoms with Crippen molar-refractivity contribution in [2.24, 2.45) is 0 Å². The molecule has 0 saturated carbocycles. The number of para-hydroxylation sites is 1. The van der Waals surface area contributed by atoms with Gasteiger partial charge in [-0.2, -0.15) is 0 Å². The lowest BCUT2D eigenvalue weighted by Crippen LogP contribution is -2.11. The lowest BCUT2D eigenvalue weighted by atomic mass is 10.3. The minimum atomic E-state index is -3.47. The number of hydrogen-bond donors (Lipinski definition) is 2. The highest BCUT2D eigenvalue weighted by atomic mass is 32.2. The second-order valence-corrected chi connectivity index (χ2v) is 6.80. The Morgan fingerprint density at radius 3 is 2.50 bits per heavy atom. The van der Waals surface area contributed by atoms with E-state index in [9.17, 15) is 8.42 Å². The maximum atomic E-state index is 12.1. The van der Waals surface area contributed by atoms with Crippen LogP contribution >= 0.6 is 11.3 Å². The molecule has 0 unspecified atom stereocenters. The third-order valence-electron chi connectivity index (χ3n) is 2.28. The van der Waals surface area contributed by atoms with E-state index >= 15 is 0 Å². The fourth-order valence-corrected chi connectivity index (χ4v) is 3.91. The van der Waals surface area contributed by atoms with E-state index in [1.165, 1.54) is 11.3 Å². The molecule has 0 aliphatic heterocycles. The largest absolute Gasteiger partial charge is 0.315 e. The topological polar surface area (TPSA) is 58.2 Å². The molecule has 0 fully saturated rings. The normalized spacial score (nSPS) is 11.4. The fourth-order valence-electron chi connectivity index (χ4n) is 1.48. The van der Waals surface area contributed by atoms with Gasteiger partial charge in [-0.25, -0.2) is 8.42 Å². The summed E-state index contributed by atoms with van der Waals surface area (Å²) in [4.78, 5) is 0.992. The molecular weight excluding hydrogens is 268 g/mol. The van der Waals surface area contributed by atoms with E-state index in [4.69, 9.17) is 0 Å². The molecule has 0 radical (unpaired) electrons. The van der Waals surface area contributed by atoms with Gasteiger partial charge in [0.05, 0.1) is 0 Å². The maximum Gasteiger partial charge on any atom is 0.271 e. The monoisotopic (exact) mass is 282 g/mol. The molecule has 0 amide bonds. The summed E-state index contributed by atoms with van der Waals surface area (Å²) in [7, 11) is -1.64. The average Bonchev–Trinajstić information content (AvgIpc) is 2.80. The Kier molecular flexibility index (Phi) is 4.00. The van der Waals surface area contributed by atoms with Crippen LogP contribution in [0.2, 0.25) is 0 Å². The predicted octanol–water partition coefficient (Wildman–Crippen LogP) is 2.27. The minimum absolute atomic E-state index is 0.330. The van der Waals surface area contributed by atoms with Crippen molar-refractivity contribution < 1.29 is 8.42 Å². The first-order valence-electron chi connectivity index (χ1n) is 5.43. The Bertz CT molecular complexity index is 606. The molecule has 1 aromatic carbocycles. The predicted molar refractivity (Wildman–Crippen MR) is 74.3 cm³/mol. The summed E-state index contributed by atoms with van der Waals surface area (Å²) in [6, 6.07) is 12.3. The Labute approximate surface area is 111 Å². The van der Waals surface area contributed by atoms with Crippen LogP contribution in [0.4, 0.5) is 5.69 Å². The molecule has 0 aliphatic rings. The first-order valence-corrected chi connectivity index (χ1v) is 7.73. The van der Waals surface area contributed by atoms with Crippen molar-refractivity contribution in [2.45, 2.75) is 10.8 Å². The molecule has 4 nitrogen and oxygen atoms in total. The summed E-state index contributed by atoms with van der Waals surface area (Å²) >= 11 is 1.27. The lowest BCUT2D eigenvalue weighted by Gasteiger charge is -2.05. The number of anilines is 1. The van der Waals surface area contributed by atoms with Gasteiger partial charge in [-0.05, 0) is 31.3 Å². The average molecular weight is 282 g/mol. The molecule has 2 N–H and O–H groups in total. The highest BCUT2D eigenvalue weighted by Crippen LogP contribution is 2.23. The molecule has 0 aliphatic carbocycles. The molecule has 0 spiro atoms. The first kappa shape index (κ1) is 13.1. The minimum Gasteiger partial charge on any atom is -0.315 e. The standard InChI is InChI=1S/C12H14N2O2S2/c1-13-9-11-7-8-12(17-11)18(15,16)14-10-5-3-2-4-6-10/h2-8,13-14H,9H2,1H3. The zero-order valence-corrected chi connectivity index (χ0v) is 11.5. The Balaban J connectivity index is 2.20. The zero-order valence-electron chi connectivity index (χ0n) is 9.88. The summed E-state index contributed by atoms with van der Waals surface area (Å²) in [6.07, 6.45) is 0. The Hall–Kier alpha value is -1.37.